The molecule has 1 N–H and O–H groups in total. The molecule has 0 radical (unpaired) electrons. The number of anilines is 1. The maximum Gasteiger partial charge on any atom is 0.133 e. The summed E-state index contributed by atoms with van der Waals surface area (Å²) in [5.74, 6) is 1.09. The largest absolute Gasteiger partial charge is 0.366 e. The van der Waals surface area contributed by atoms with Crippen molar-refractivity contribution in [2.75, 3.05) is 25.5 Å². The molecule has 0 bridgehead atoms. The summed E-state index contributed by atoms with van der Waals surface area (Å²) in [4.78, 5) is 11.2. The van der Waals surface area contributed by atoms with Gasteiger partial charge in [-0.1, -0.05) is 0 Å². The normalized spacial score (nSPS) is 24.6. The van der Waals surface area contributed by atoms with E-state index in [9.17, 15) is 0 Å². The zero-order valence-corrected chi connectivity index (χ0v) is 10.4. The molecule has 2 heterocycles. The van der Waals surface area contributed by atoms with E-state index in [4.69, 9.17) is 0 Å². The van der Waals surface area contributed by atoms with E-state index in [-0.39, 0.29) is 0 Å². The average Bonchev–Trinajstić information content (AvgIpc) is 2.78. The van der Waals surface area contributed by atoms with Gasteiger partial charge in [0, 0.05) is 23.8 Å². The highest BCUT2D eigenvalue weighted by Crippen LogP contribution is 2.26. The van der Waals surface area contributed by atoms with Gasteiger partial charge in [-0.05, 0) is 45.7 Å². The van der Waals surface area contributed by atoms with E-state index >= 15 is 0 Å². The fraction of sp³-hybridized carbons (Fsp3) is 0.692. The first-order valence-electron chi connectivity index (χ1n) is 6.61. The monoisotopic (exact) mass is 232 g/mol. The molecular weight excluding hydrogens is 212 g/mol. The average molecular weight is 232 g/mol. The van der Waals surface area contributed by atoms with Gasteiger partial charge in [-0.3, -0.25) is 0 Å². The quantitative estimate of drug-likeness (QED) is 0.838. The highest BCUT2D eigenvalue weighted by atomic mass is 15.2. The third-order valence-corrected chi connectivity index (χ3v) is 3.84. The molecule has 1 saturated heterocycles. The van der Waals surface area contributed by atoms with Crippen LogP contribution in [0.1, 0.15) is 30.5 Å². The van der Waals surface area contributed by atoms with Crippen molar-refractivity contribution in [3.8, 4) is 0 Å². The van der Waals surface area contributed by atoms with Crippen molar-refractivity contribution in [3.63, 3.8) is 0 Å². The molecular formula is C13H20N4. The number of fused-ring (bicyclic) bond motifs is 1. The SMILES string of the molecule is CN1CCCC(Nc2ncnc3c2CCC3)C1. The Morgan fingerprint density at radius 2 is 2.24 bits per heavy atom. The Hall–Kier alpha value is -1.16. The van der Waals surface area contributed by atoms with Crippen LogP contribution in [0.3, 0.4) is 0 Å². The molecule has 1 aromatic rings. The van der Waals surface area contributed by atoms with Crippen LogP contribution in [0.4, 0.5) is 5.82 Å². The van der Waals surface area contributed by atoms with Gasteiger partial charge in [-0.25, -0.2) is 9.97 Å². The first-order chi connectivity index (χ1) is 8.33. The Labute approximate surface area is 102 Å². The fourth-order valence-electron chi connectivity index (χ4n) is 2.96. The minimum atomic E-state index is 0.549. The molecule has 1 fully saturated rings. The van der Waals surface area contributed by atoms with E-state index in [0.29, 0.717) is 6.04 Å². The molecule has 1 aliphatic heterocycles. The number of hydrogen-bond donors (Lipinski definition) is 1. The van der Waals surface area contributed by atoms with Crippen LogP contribution in [0.25, 0.3) is 0 Å². The Morgan fingerprint density at radius 1 is 1.29 bits per heavy atom. The second-order valence-electron chi connectivity index (χ2n) is 5.25. The van der Waals surface area contributed by atoms with Crippen molar-refractivity contribution in [1.82, 2.24) is 14.9 Å². The number of piperidine rings is 1. The van der Waals surface area contributed by atoms with Crippen molar-refractivity contribution in [1.29, 1.82) is 0 Å². The van der Waals surface area contributed by atoms with E-state index in [1.807, 2.05) is 0 Å². The Kier molecular flexibility index (Phi) is 2.97. The van der Waals surface area contributed by atoms with Crippen molar-refractivity contribution >= 4 is 5.82 Å². The molecule has 1 atom stereocenters. The van der Waals surface area contributed by atoms with Crippen molar-refractivity contribution in [2.45, 2.75) is 38.1 Å². The summed E-state index contributed by atoms with van der Waals surface area (Å²) in [6.07, 6.45) is 7.73. The van der Waals surface area contributed by atoms with Gasteiger partial charge in [0.15, 0.2) is 0 Å². The number of nitrogens with zero attached hydrogens (tertiary/aromatic N) is 3. The van der Waals surface area contributed by atoms with Crippen molar-refractivity contribution < 1.29 is 0 Å². The number of likely N-dealkylation sites (tertiary alicyclic amines) is 1. The summed E-state index contributed by atoms with van der Waals surface area (Å²) >= 11 is 0. The van der Waals surface area contributed by atoms with Crippen LogP contribution >= 0.6 is 0 Å². The van der Waals surface area contributed by atoms with Gasteiger partial charge in [0.1, 0.15) is 12.1 Å². The van der Waals surface area contributed by atoms with Gasteiger partial charge in [-0.2, -0.15) is 0 Å². The second kappa shape index (κ2) is 4.61. The van der Waals surface area contributed by atoms with E-state index in [2.05, 4.69) is 27.2 Å². The summed E-state index contributed by atoms with van der Waals surface area (Å²) in [6, 6.07) is 0.549. The van der Waals surface area contributed by atoms with Gasteiger partial charge in [-0.15, -0.1) is 0 Å². The van der Waals surface area contributed by atoms with Crippen LogP contribution in [-0.4, -0.2) is 41.0 Å². The summed E-state index contributed by atoms with van der Waals surface area (Å²) < 4.78 is 0. The number of aromatic nitrogens is 2. The minimum Gasteiger partial charge on any atom is -0.366 e. The highest BCUT2D eigenvalue weighted by molar-refractivity contribution is 5.48. The van der Waals surface area contributed by atoms with Gasteiger partial charge >= 0.3 is 0 Å². The lowest BCUT2D eigenvalue weighted by Gasteiger charge is -2.30. The van der Waals surface area contributed by atoms with Crippen LogP contribution in [0.15, 0.2) is 6.33 Å². The summed E-state index contributed by atoms with van der Waals surface area (Å²) in [5.41, 5.74) is 2.62. The summed E-state index contributed by atoms with van der Waals surface area (Å²) in [6.45, 7) is 2.35. The second-order valence-corrected chi connectivity index (χ2v) is 5.25. The molecule has 4 heteroatoms. The molecule has 0 spiro atoms. The van der Waals surface area contributed by atoms with Gasteiger partial charge in [0.2, 0.25) is 0 Å². The lowest BCUT2D eigenvalue weighted by molar-refractivity contribution is 0.260. The highest BCUT2D eigenvalue weighted by Gasteiger charge is 2.21. The van der Waals surface area contributed by atoms with Gasteiger partial charge in [0.05, 0.1) is 0 Å². The lowest BCUT2D eigenvalue weighted by Crippen LogP contribution is -2.40. The molecule has 17 heavy (non-hydrogen) atoms. The molecule has 4 nitrogen and oxygen atoms in total. The zero-order valence-electron chi connectivity index (χ0n) is 10.4. The Bertz CT molecular complexity index is 404. The standard InChI is InChI=1S/C13H20N4/c1-17-7-3-4-10(8-17)16-13-11-5-2-6-12(11)14-9-15-13/h9-10H,2-8H2,1H3,(H,14,15,16). The van der Waals surface area contributed by atoms with E-state index in [1.165, 1.54) is 37.1 Å². The third-order valence-electron chi connectivity index (χ3n) is 3.84. The van der Waals surface area contributed by atoms with Crippen LogP contribution in [0.2, 0.25) is 0 Å². The van der Waals surface area contributed by atoms with E-state index in [0.717, 1.165) is 25.2 Å². The first kappa shape index (κ1) is 11.0. The molecule has 3 rings (SSSR count). The van der Waals surface area contributed by atoms with Crippen LogP contribution in [0, 0.1) is 0 Å². The molecule has 1 unspecified atom stereocenters. The summed E-state index contributed by atoms with van der Waals surface area (Å²) in [7, 11) is 2.19. The summed E-state index contributed by atoms with van der Waals surface area (Å²) in [5, 5.41) is 3.62. The molecule has 0 aromatic carbocycles. The van der Waals surface area contributed by atoms with Crippen LogP contribution in [0.5, 0.6) is 0 Å². The van der Waals surface area contributed by atoms with Crippen molar-refractivity contribution in [3.05, 3.63) is 17.6 Å². The number of aryl methyl sites for hydroxylation is 1. The zero-order chi connectivity index (χ0) is 11.7. The molecule has 1 aliphatic carbocycles. The van der Waals surface area contributed by atoms with E-state index in [1.54, 1.807) is 6.33 Å². The maximum atomic E-state index is 4.43. The number of rotatable bonds is 2. The predicted octanol–water partition coefficient (Wildman–Crippen LogP) is 1.47. The number of hydrogen-bond acceptors (Lipinski definition) is 4. The van der Waals surface area contributed by atoms with E-state index < -0.39 is 0 Å². The van der Waals surface area contributed by atoms with Crippen LogP contribution < -0.4 is 5.32 Å². The molecule has 0 saturated carbocycles. The molecule has 0 amide bonds. The topological polar surface area (TPSA) is 41.0 Å². The molecule has 1 aromatic heterocycles. The number of nitrogens with one attached hydrogen (secondary N) is 1. The minimum absolute atomic E-state index is 0.549. The molecule has 92 valence electrons. The van der Waals surface area contributed by atoms with Gasteiger partial charge in [0.25, 0.3) is 0 Å². The smallest absolute Gasteiger partial charge is 0.133 e. The Balaban J connectivity index is 1.74. The lowest BCUT2D eigenvalue weighted by atomic mass is 10.1. The van der Waals surface area contributed by atoms with Gasteiger partial charge < -0.3 is 10.2 Å². The van der Waals surface area contributed by atoms with Crippen LogP contribution in [-0.2, 0) is 12.8 Å². The molecule has 2 aliphatic rings. The Morgan fingerprint density at radius 3 is 3.12 bits per heavy atom. The maximum absolute atomic E-state index is 4.43. The fourth-order valence-corrected chi connectivity index (χ4v) is 2.96. The number of likely N-dealkylation sites (N-methyl/N-ethyl adjacent to an activating group) is 1. The predicted molar refractivity (Wildman–Crippen MR) is 68.2 cm³/mol. The van der Waals surface area contributed by atoms with Crippen molar-refractivity contribution in [2.24, 2.45) is 0 Å². The third kappa shape index (κ3) is 2.27. The first-order valence-corrected chi connectivity index (χ1v) is 6.61.